The van der Waals surface area contributed by atoms with Crippen LogP contribution in [0.2, 0.25) is 0 Å². The highest BCUT2D eigenvalue weighted by Gasteiger charge is 2.68. The number of aliphatic hydroxyl groups is 2. The summed E-state index contributed by atoms with van der Waals surface area (Å²) in [6, 6.07) is 58.5. The zero-order chi connectivity index (χ0) is 64.4. The zero-order valence-corrected chi connectivity index (χ0v) is 54.1. The van der Waals surface area contributed by atoms with Crippen LogP contribution in [0, 0.1) is 0 Å². The fraction of sp³-hybridized carbons (Fsp3) is 0.324. The summed E-state index contributed by atoms with van der Waals surface area (Å²) in [6.07, 6.45) is 4.55. The molecule has 2 fully saturated rings. The first kappa shape index (κ1) is 65.9. The number of sulfone groups is 1. The predicted molar refractivity (Wildman–Crippen MR) is 344 cm³/mol. The van der Waals surface area contributed by atoms with E-state index in [-0.39, 0.29) is 56.9 Å². The van der Waals surface area contributed by atoms with Gasteiger partial charge in [0.15, 0.2) is 16.8 Å². The molecule has 0 saturated carbocycles. The topological polar surface area (TPSA) is 244 Å². The number of fused-ring (bicyclic) bond motifs is 2. The molecule has 2 aliphatic heterocycles. The highest BCUT2D eigenvalue weighted by molar-refractivity contribution is 7.99. The normalized spacial score (nSPS) is 23.0. The number of rotatable bonds is 26. The van der Waals surface area contributed by atoms with Gasteiger partial charge in [-0.05, 0) is 59.7 Å². The molecular weight excluding hydrogens is 1230 g/mol. The molecule has 0 aliphatic carbocycles. The number of thioether (sulfide) groups is 2. The highest BCUT2D eigenvalue weighted by Crippen LogP contribution is 2.52. The zero-order valence-electron chi connectivity index (χ0n) is 51.6. The van der Waals surface area contributed by atoms with Crippen molar-refractivity contribution in [3.63, 3.8) is 0 Å². The van der Waals surface area contributed by atoms with Crippen LogP contribution in [0.15, 0.2) is 210 Å². The third kappa shape index (κ3) is 14.2. The van der Waals surface area contributed by atoms with E-state index in [2.05, 4.69) is 25.0 Å². The smallest absolute Gasteiger partial charge is 0.268 e. The molecule has 0 amide bonds. The monoisotopic (exact) mass is 1300 g/mol. The molecule has 0 unspecified atom stereocenters. The Bertz CT molecular complexity index is 4140. The lowest BCUT2D eigenvalue weighted by Crippen LogP contribution is -2.55. The minimum atomic E-state index is -3.89. The maximum Gasteiger partial charge on any atom is 0.268 e. The third-order valence-electron chi connectivity index (χ3n) is 16.1. The summed E-state index contributed by atoms with van der Waals surface area (Å²) in [5.74, 6) is -4.40. The van der Waals surface area contributed by atoms with Crippen molar-refractivity contribution in [2.24, 2.45) is 0 Å². The van der Waals surface area contributed by atoms with Crippen LogP contribution >= 0.6 is 23.5 Å². The number of hydrogen-bond acceptors (Lipinski definition) is 21. The fourth-order valence-electron chi connectivity index (χ4n) is 11.2. The molecule has 12 rings (SSSR count). The summed E-state index contributed by atoms with van der Waals surface area (Å²) < 4.78 is 85.3. The van der Waals surface area contributed by atoms with Crippen molar-refractivity contribution in [1.82, 2.24) is 39.2 Å². The summed E-state index contributed by atoms with van der Waals surface area (Å²) in [5, 5.41) is 35.2. The Balaban J connectivity index is 0.000000189. The van der Waals surface area contributed by atoms with Gasteiger partial charge in [0.05, 0.1) is 72.4 Å². The molecule has 2 saturated heterocycles. The maximum atomic E-state index is 12.8. The van der Waals surface area contributed by atoms with Crippen LogP contribution < -0.4 is 4.74 Å². The summed E-state index contributed by atoms with van der Waals surface area (Å²) in [4.78, 5) is 17.6. The number of methoxy groups -OCH3 is 1. The molecule has 0 radical (unpaired) electrons. The fourth-order valence-corrected chi connectivity index (χ4v) is 12.6. The Labute approximate surface area is 542 Å². The van der Waals surface area contributed by atoms with Gasteiger partial charge in [-0.15, -0.1) is 22.0 Å². The lowest BCUT2D eigenvalue weighted by atomic mass is 9.87. The van der Waals surface area contributed by atoms with E-state index in [0.717, 1.165) is 44.2 Å². The lowest BCUT2D eigenvalue weighted by molar-refractivity contribution is -0.294. The van der Waals surface area contributed by atoms with Gasteiger partial charge in [0.2, 0.25) is 32.2 Å². The van der Waals surface area contributed by atoms with E-state index in [0.29, 0.717) is 34.7 Å². The second-order valence-electron chi connectivity index (χ2n) is 22.3. The van der Waals surface area contributed by atoms with Crippen molar-refractivity contribution in [2.45, 2.75) is 116 Å². The van der Waals surface area contributed by atoms with E-state index in [4.69, 9.17) is 47.7 Å². The van der Waals surface area contributed by atoms with Crippen molar-refractivity contribution < 1.29 is 61.3 Å². The quantitative estimate of drug-likeness (QED) is 0.0479. The van der Waals surface area contributed by atoms with Crippen molar-refractivity contribution in [3.05, 3.63) is 239 Å². The van der Waals surface area contributed by atoms with Gasteiger partial charge < -0.3 is 52.8 Å². The van der Waals surface area contributed by atoms with E-state index in [9.17, 15) is 18.6 Å². The Morgan fingerprint density at radius 1 is 0.511 bits per heavy atom. The molecule has 2 aliphatic rings. The van der Waals surface area contributed by atoms with Gasteiger partial charge in [-0.3, -0.25) is 0 Å². The molecule has 6 heterocycles. The molecule has 480 valence electrons. The molecule has 0 spiro atoms. The van der Waals surface area contributed by atoms with Crippen molar-refractivity contribution in [1.29, 1.82) is 0 Å². The van der Waals surface area contributed by atoms with Gasteiger partial charge in [0.1, 0.15) is 40.8 Å². The van der Waals surface area contributed by atoms with Gasteiger partial charge in [-0.25, -0.2) is 32.4 Å². The van der Waals surface area contributed by atoms with Crippen molar-refractivity contribution in [3.8, 4) is 5.88 Å². The second-order valence-corrected chi connectivity index (χ2v) is 25.8. The number of benzene rings is 6. The van der Waals surface area contributed by atoms with Gasteiger partial charge >= 0.3 is 0 Å². The van der Waals surface area contributed by atoms with Crippen LogP contribution in [0.1, 0.15) is 58.6 Å². The Morgan fingerprint density at radius 2 is 0.880 bits per heavy atom. The molecule has 0 bridgehead atoms. The van der Waals surface area contributed by atoms with Crippen LogP contribution in [0.4, 0.5) is 0 Å². The number of aromatic nitrogens is 8. The first-order chi connectivity index (χ1) is 44.6. The van der Waals surface area contributed by atoms with Gasteiger partial charge in [-0.1, -0.05) is 194 Å². The number of imidazole rings is 2. The molecule has 92 heavy (non-hydrogen) atoms. The number of hydrogen-bond donors (Lipinski definition) is 2. The molecule has 8 atom stereocenters. The van der Waals surface area contributed by atoms with Crippen LogP contribution in [-0.2, 0) is 98.9 Å². The maximum absolute atomic E-state index is 12.8. The minimum Gasteiger partial charge on any atom is -0.478 e. The Hall–Kier alpha value is -7.53. The third-order valence-corrected chi connectivity index (χ3v) is 18.1. The van der Waals surface area contributed by atoms with E-state index in [1.165, 1.54) is 36.8 Å². The highest BCUT2D eigenvalue weighted by atomic mass is 32.2. The summed E-state index contributed by atoms with van der Waals surface area (Å²) in [6.45, 7) is 5.15. The van der Waals surface area contributed by atoms with Crippen molar-refractivity contribution in [2.75, 3.05) is 39.1 Å². The van der Waals surface area contributed by atoms with Crippen LogP contribution in [0.5, 0.6) is 5.88 Å². The van der Waals surface area contributed by atoms with E-state index >= 15 is 0 Å². The Kier molecular flexibility index (Phi) is 20.9. The molecule has 6 aromatic carbocycles. The number of ether oxygens (including phenoxy) is 9. The lowest BCUT2D eigenvalue weighted by Gasteiger charge is -2.39. The van der Waals surface area contributed by atoms with E-state index < -0.39 is 62.2 Å². The van der Waals surface area contributed by atoms with Gasteiger partial charge in [-0.2, -0.15) is 4.98 Å². The summed E-state index contributed by atoms with van der Waals surface area (Å²) in [5.41, 5.74) is 3.55. The van der Waals surface area contributed by atoms with Crippen LogP contribution in [0.25, 0.3) is 11.3 Å². The molecule has 4 aromatic heterocycles. The first-order valence-corrected chi connectivity index (χ1v) is 34.0. The second kappa shape index (κ2) is 29.2. The molecule has 21 nitrogen and oxygen atoms in total. The predicted octanol–water partition coefficient (Wildman–Crippen LogP) is 9.75. The van der Waals surface area contributed by atoms with Gasteiger partial charge in [0, 0.05) is 6.26 Å². The SMILES string of the molecule is COc1nc(S(C)(=O)=O)nn2c([C@]3(O)O[C@H](COCc4ccccc4)[C@@H](OCc4ccccc4)[C@@]3(C)OCc3ccccc3)cnc12.CSc1nc(SC)c2ncc([C@]3(O)O[C@H](COCc4ccccc4)[C@@H](OCc4ccccc4)[C@@]3(C)OCc3ccccc3)n2n1. The first-order valence-electron chi connectivity index (χ1n) is 29.6. The van der Waals surface area contributed by atoms with Crippen LogP contribution in [-0.4, -0.2) is 133 Å². The average Bonchev–Trinajstić information content (AvgIpc) is 1.55. The van der Waals surface area contributed by atoms with Crippen LogP contribution in [0.3, 0.4) is 0 Å². The van der Waals surface area contributed by atoms with Crippen molar-refractivity contribution >= 4 is 44.7 Å². The number of nitrogens with zero attached hydrogens (tertiary/aromatic N) is 8. The summed E-state index contributed by atoms with van der Waals surface area (Å²) >= 11 is 2.87. The molecule has 24 heteroatoms. The standard InChI is InChI=1S/C34H36N4O8S.C34H36N4O5S2/c1-33(45-22-26-17-11-6-12-18-26)29(44-21-25-15-9-5-10-16-25)27(23-43-20-24-13-7-4-8-14-24)46-34(33,39)28-19-35-30-31(42-2)36-32(37-38(28)30)47(3,40)41;1-33(42-22-26-17-11-6-12-18-26)29(41-21-25-15-9-5-10-16-25)27(23-40-20-24-13-7-4-8-14-24)43-34(33,39)28-19-35-30-31(44-2)36-32(45-3)37-38(28)30/h4-19,27,29,39H,20-23H2,1-3H3;4-19,27,29,39H,20-23H2,1-3H3/t2*27-,29-,33-,34+/m11/s1. The molecule has 10 aromatic rings. The van der Waals surface area contributed by atoms with E-state index in [1.807, 2.05) is 201 Å². The minimum absolute atomic E-state index is 0.00691. The largest absolute Gasteiger partial charge is 0.478 e. The molecular formula is C68H72N8O13S3. The van der Waals surface area contributed by atoms with Gasteiger partial charge in [0.25, 0.3) is 11.0 Å². The average molecular weight is 1310 g/mol. The van der Waals surface area contributed by atoms with E-state index in [1.54, 1.807) is 17.6 Å². The summed E-state index contributed by atoms with van der Waals surface area (Å²) in [7, 11) is -2.55. The molecule has 2 N–H and O–H groups in total. The Morgan fingerprint density at radius 3 is 1.25 bits per heavy atom.